The molecule has 2 saturated heterocycles. The van der Waals surface area contributed by atoms with Crippen LogP contribution in [0.4, 0.5) is 0 Å². The third-order valence-corrected chi connectivity index (χ3v) is 25.0. The highest BCUT2D eigenvalue weighted by Crippen LogP contribution is 2.34. The first kappa shape index (κ1) is 107. The van der Waals surface area contributed by atoms with Gasteiger partial charge in [-0.2, -0.15) is 0 Å². The third-order valence-electron chi connectivity index (χ3n) is 23.9. The Morgan fingerprint density at radius 2 is 1.09 bits per heavy atom. The van der Waals surface area contributed by atoms with Gasteiger partial charge in [0.2, 0.25) is 100 Å². The highest BCUT2D eigenvalue weighted by Gasteiger charge is 2.45. The summed E-state index contributed by atoms with van der Waals surface area (Å²) in [6, 6.07) is 8.54. The number of nitrogens with zero attached hydrogens (tertiary/aromatic N) is 5. The Hall–Kier alpha value is -13.9. The Morgan fingerprint density at radius 3 is 1.67 bits per heavy atom. The molecular formula is C92H129N23O20S. The van der Waals surface area contributed by atoms with Crippen molar-refractivity contribution in [3.8, 4) is 22.8 Å². The first-order valence-electron chi connectivity index (χ1n) is 45.2. The van der Waals surface area contributed by atoms with E-state index in [1.54, 1.807) is 62.5 Å². The molecule has 25 N–H and O–H groups in total. The Balaban J connectivity index is 0.970. The van der Waals surface area contributed by atoms with Crippen LogP contribution in [0.1, 0.15) is 128 Å². The number of ether oxygens (including phenoxy) is 1. The lowest BCUT2D eigenvalue weighted by atomic mass is 9.96. The van der Waals surface area contributed by atoms with Crippen molar-refractivity contribution in [1.29, 1.82) is 5.41 Å². The topological polar surface area (TPSA) is 662 Å². The molecule has 13 unspecified atom stereocenters. The quantitative estimate of drug-likeness (QED) is 0.0145. The van der Waals surface area contributed by atoms with Crippen molar-refractivity contribution in [1.82, 2.24) is 87.6 Å². The molecule has 0 aliphatic carbocycles. The minimum atomic E-state index is -1.82. The number of H-pyrrole nitrogens is 2. The second kappa shape index (κ2) is 51.5. The van der Waals surface area contributed by atoms with Gasteiger partial charge in [-0.15, -0.1) is 11.8 Å². The number of aliphatic hydroxyl groups excluding tert-OH is 1. The number of thioether (sulfide) groups is 1. The zero-order valence-corrected chi connectivity index (χ0v) is 78.8. The number of aliphatic hydroxyl groups is 1. The van der Waals surface area contributed by atoms with Crippen LogP contribution in [0.3, 0.4) is 0 Å². The number of primary amides is 3. The van der Waals surface area contributed by atoms with Gasteiger partial charge < -0.3 is 131 Å². The van der Waals surface area contributed by atoms with Crippen LogP contribution >= 0.6 is 11.8 Å². The summed E-state index contributed by atoms with van der Waals surface area (Å²) < 4.78 is 5.47. The molecule has 0 radical (unpaired) electrons. The van der Waals surface area contributed by atoms with Crippen molar-refractivity contribution < 1.29 is 96.5 Å². The fourth-order valence-electron chi connectivity index (χ4n) is 16.4. The molecule has 6 aromatic rings. The van der Waals surface area contributed by atoms with Crippen molar-refractivity contribution in [2.24, 2.45) is 34.6 Å². The predicted molar refractivity (Wildman–Crippen MR) is 505 cm³/mol. The highest BCUT2D eigenvalue weighted by molar-refractivity contribution is 8.00. The summed E-state index contributed by atoms with van der Waals surface area (Å²) in [5.41, 5.74) is 32.4. The number of hydrogen-bond acceptors (Lipinski definition) is 23. The number of aromatic nitrogens is 2. The molecule has 0 saturated carbocycles. The number of nitrogens with two attached hydrogens (primary N) is 5. The van der Waals surface area contributed by atoms with Gasteiger partial charge in [0.25, 0.3) is 0 Å². The molecule has 4 aromatic carbocycles. The molecule has 0 spiro atoms. The SMILES string of the molecule is CCCCC(C(=O)N(C)C(CCCC)C(N)=O)N(C)C(=O)C(Cc1c(-c2ccc(OC)cc2)[nH]c2ccccc12)NC(=O)C(CO)NC(=O)C(Cc1c[nH]c2ccccc12)NC(=O)C1CCCN1C(=O)C(CC(C)C)NC(=O)C(CN)NC(=O)C1CCCN1C(=O)C(CC(N)=O)NC(=O)C(C)N(C)C(=O)C(Cc1ccc(O)cc1)NC(=O)CSCC(NC(=O)CNC(=N)N)C(=O)NCC(N)=O. The molecule has 13 atom stereocenters. The van der Waals surface area contributed by atoms with Crippen molar-refractivity contribution in [3.63, 3.8) is 0 Å². The van der Waals surface area contributed by atoms with Gasteiger partial charge in [0.15, 0.2) is 5.96 Å². The van der Waals surface area contributed by atoms with Crippen LogP contribution in [0.2, 0.25) is 0 Å². The monoisotopic (exact) mass is 1910 g/mol. The number of nitrogens with one attached hydrogen (secondary N) is 13. The number of rotatable bonds is 52. The number of hydrogen-bond donors (Lipinski definition) is 20. The number of guanidine groups is 1. The van der Waals surface area contributed by atoms with Gasteiger partial charge in [-0.25, -0.2) is 0 Å². The molecule has 2 aromatic heterocycles. The van der Waals surface area contributed by atoms with Gasteiger partial charge in [0, 0.05) is 99.5 Å². The smallest absolute Gasteiger partial charge is 0.246 e. The van der Waals surface area contributed by atoms with E-state index in [4.69, 9.17) is 38.8 Å². The molecule has 0 bridgehead atoms. The number of likely N-dealkylation sites (N-methyl/N-ethyl adjacent to an activating group) is 3. The Morgan fingerprint density at radius 1 is 0.551 bits per heavy atom. The standard InChI is InChI=1S/C92H129N23O20S/c1-10-12-24-70(79(96)122)112(7)91(134)73(25-13-11-2)113(8)88(131)65(41-59-58-21-15-17-23-61(58)104-78(59)53-30-34-56(135-9)35-31-53)108-84(127)68(47-116)110-82(125)62(40-54-44-99-60-22-16-14-20-57(54)60)105-85(128)71-26-18-36-114(71)89(132)63(38-50(3)4)107-83(126)67(43-93)109-86(129)72-27-19-37-115(72)90(133)66(42-74(94)118)106-80(123)51(5)111(6)87(130)64(39-52-28-32-55(117)33-29-52)102-77(121)49-136-48-69(81(124)100-45-75(95)119)103-76(120)46-101-92(97)98/h14-17,20-23,28-35,44,50-51,62-73,99,104,116-117H,10-13,18-19,24-27,36-43,45-49,93H2,1-9H3,(H2,94,118)(H2,95,119)(H2,96,122)(H,100,124)(H,102,121)(H,103,120)(H,105,128)(H,106,123)(H,107,126)(H,108,127)(H,109,129)(H,110,125)(H4,97,98,101). The number of carbonyl (C=O) groups is 17. The van der Waals surface area contributed by atoms with Crippen molar-refractivity contribution >= 4 is 140 Å². The van der Waals surface area contributed by atoms with E-state index in [0.29, 0.717) is 81.2 Å². The van der Waals surface area contributed by atoms with Gasteiger partial charge in [0.1, 0.15) is 90.0 Å². The van der Waals surface area contributed by atoms with Gasteiger partial charge in [0.05, 0.1) is 39.0 Å². The number of para-hydroxylation sites is 2. The fraction of sp³-hybridized carbons (Fsp3) is 0.500. The number of phenolic OH excluding ortho intramolecular Hbond substituents is 1. The zero-order valence-electron chi connectivity index (χ0n) is 77.9. The Kier molecular flexibility index (Phi) is 40.7. The number of methoxy groups -OCH3 is 1. The second-order valence-corrected chi connectivity index (χ2v) is 35.3. The molecule has 136 heavy (non-hydrogen) atoms. The molecular weight excluding hydrogens is 1780 g/mol. The van der Waals surface area contributed by atoms with E-state index in [1.807, 2.05) is 44.2 Å². The predicted octanol–water partition coefficient (Wildman–Crippen LogP) is -2.02. The summed E-state index contributed by atoms with van der Waals surface area (Å²) in [5, 5.41) is 55.6. The number of amides is 17. The average molecular weight is 1910 g/mol. The minimum absolute atomic E-state index is 0.000477. The molecule has 43 nitrogen and oxygen atoms in total. The van der Waals surface area contributed by atoms with Crippen LogP contribution in [0.15, 0.2) is 103 Å². The summed E-state index contributed by atoms with van der Waals surface area (Å²) in [5.74, 6) is -15.7. The van der Waals surface area contributed by atoms with Crippen molar-refractivity contribution in [2.45, 2.75) is 209 Å². The number of fused-ring (bicyclic) bond motifs is 2. The molecule has 4 heterocycles. The maximum absolute atomic E-state index is 15.6. The zero-order chi connectivity index (χ0) is 99.9. The van der Waals surface area contributed by atoms with Gasteiger partial charge >= 0.3 is 0 Å². The first-order valence-corrected chi connectivity index (χ1v) is 46.4. The van der Waals surface area contributed by atoms with Crippen molar-refractivity contribution in [2.75, 3.05) is 79.1 Å². The number of likely N-dealkylation sites (tertiary alicyclic amines) is 2. The Labute approximate surface area is 791 Å². The summed E-state index contributed by atoms with van der Waals surface area (Å²) in [6.45, 7) is 5.85. The number of benzene rings is 4. The highest BCUT2D eigenvalue weighted by atomic mass is 32.2. The summed E-state index contributed by atoms with van der Waals surface area (Å²) >= 11 is 0.835. The van der Waals surface area contributed by atoms with E-state index in [-0.39, 0.29) is 94.7 Å². The summed E-state index contributed by atoms with van der Waals surface area (Å²) in [4.78, 5) is 253. The molecule has 2 aliphatic rings. The molecule has 738 valence electrons. The van der Waals surface area contributed by atoms with Crippen LogP contribution < -0.4 is 86.6 Å². The van der Waals surface area contributed by atoms with Crippen LogP contribution in [0, 0.1) is 11.3 Å². The van der Waals surface area contributed by atoms with Gasteiger partial charge in [-0.05, 0) is 129 Å². The number of aromatic amines is 2. The van der Waals surface area contributed by atoms with Crippen LogP contribution in [0.5, 0.6) is 11.5 Å². The third kappa shape index (κ3) is 29.8. The number of carbonyl (C=O) groups excluding carboxylic acids is 17. The normalized spacial score (nSPS) is 15.9. The lowest BCUT2D eigenvalue weighted by Gasteiger charge is -2.35. The van der Waals surface area contributed by atoms with E-state index >= 15 is 24.0 Å². The molecule has 2 aliphatic heterocycles. The van der Waals surface area contributed by atoms with E-state index in [9.17, 15) is 67.7 Å². The number of unbranched alkanes of at least 4 members (excludes halogenated alkanes) is 2. The Bertz CT molecular complexity index is 5270. The van der Waals surface area contributed by atoms with Crippen LogP contribution in [0.25, 0.3) is 33.1 Å². The van der Waals surface area contributed by atoms with Gasteiger partial charge in [-0.3, -0.25) is 86.9 Å². The van der Waals surface area contributed by atoms with Crippen LogP contribution in [-0.2, 0) is 101 Å². The van der Waals surface area contributed by atoms with E-state index < -0.39 is 223 Å². The minimum Gasteiger partial charge on any atom is -0.508 e. The molecule has 44 heteroatoms. The van der Waals surface area contributed by atoms with E-state index in [0.717, 1.165) is 21.6 Å². The van der Waals surface area contributed by atoms with Crippen LogP contribution in [-0.4, -0.2) is 309 Å². The van der Waals surface area contributed by atoms with Crippen molar-refractivity contribution in [3.05, 3.63) is 120 Å². The number of aromatic hydroxyl groups is 1. The maximum atomic E-state index is 15.6. The summed E-state index contributed by atoms with van der Waals surface area (Å²) in [7, 11) is 5.64. The maximum Gasteiger partial charge on any atom is 0.246 e. The van der Waals surface area contributed by atoms with E-state index in [2.05, 4.69) is 63.1 Å². The molecule has 2 fully saturated rings. The second-order valence-electron chi connectivity index (χ2n) is 34.3. The fourth-order valence-corrected chi connectivity index (χ4v) is 17.3. The lowest BCUT2D eigenvalue weighted by Crippen LogP contribution is -2.62. The first-order chi connectivity index (χ1) is 64.7. The lowest BCUT2D eigenvalue weighted by molar-refractivity contribution is -0.149. The van der Waals surface area contributed by atoms with Gasteiger partial charge in [-0.1, -0.05) is 102 Å². The molecule has 8 rings (SSSR count). The largest absolute Gasteiger partial charge is 0.508 e. The summed E-state index contributed by atoms with van der Waals surface area (Å²) in [6.07, 6.45) is 3.44. The van der Waals surface area contributed by atoms with E-state index in [1.165, 1.54) is 74.1 Å². The average Bonchev–Trinajstić information content (AvgIpc) is 1.62. The number of phenols is 1. The molecule has 17 amide bonds.